The SMILES string of the molecule is CC(OCCCN)C1CC1. The van der Waals surface area contributed by atoms with Gasteiger partial charge < -0.3 is 10.5 Å². The molecule has 0 aromatic rings. The molecule has 0 aromatic carbocycles. The first-order valence-corrected chi connectivity index (χ1v) is 4.16. The van der Waals surface area contributed by atoms with E-state index in [1.807, 2.05) is 0 Å². The Balaban J connectivity index is 1.90. The molecule has 2 N–H and O–H groups in total. The Bertz CT molecular complexity index is 91.3. The number of ether oxygens (including phenoxy) is 1. The van der Waals surface area contributed by atoms with Crippen molar-refractivity contribution >= 4 is 0 Å². The fourth-order valence-electron chi connectivity index (χ4n) is 1.05. The minimum Gasteiger partial charge on any atom is -0.378 e. The van der Waals surface area contributed by atoms with E-state index in [0.717, 1.165) is 25.5 Å². The zero-order valence-electron chi connectivity index (χ0n) is 6.68. The van der Waals surface area contributed by atoms with Gasteiger partial charge in [0.2, 0.25) is 0 Å². The first-order valence-electron chi connectivity index (χ1n) is 4.16. The summed E-state index contributed by atoms with van der Waals surface area (Å²) in [6.07, 6.45) is 4.21. The van der Waals surface area contributed by atoms with Crippen LogP contribution < -0.4 is 5.73 Å². The van der Waals surface area contributed by atoms with Crippen LogP contribution in [0.1, 0.15) is 26.2 Å². The van der Waals surface area contributed by atoms with E-state index in [0.29, 0.717) is 6.10 Å². The summed E-state index contributed by atoms with van der Waals surface area (Å²) in [4.78, 5) is 0. The molecule has 1 saturated carbocycles. The van der Waals surface area contributed by atoms with Gasteiger partial charge in [-0.3, -0.25) is 0 Å². The number of rotatable bonds is 5. The lowest BCUT2D eigenvalue weighted by Crippen LogP contribution is -2.13. The van der Waals surface area contributed by atoms with Gasteiger partial charge in [-0.1, -0.05) is 0 Å². The summed E-state index contributed by atoms with van der Waals surface area (Å²) >= 11 is 0. The van der Waals surface area contributed by atoms with Gasteiger partial charge in [-0.2, -0.15) is 0 Å². The third kappa shape index (κ3) is 2.67. The van der Waals surface area contributed by atoms with Gasteiger partial charge in [0.1, 0.15) is 0 Å². The minimum atomic E-state index is 0.478. The van der Waals surface area contributed by atoms with Crippen LogP contribution in [-0.4, -0.2) is 19.3 Å². The maximum Gasteiger partial charge on any atom is 0.0575 e. The first kappa shape index (κ1) is 8.02. The van der Waals surface area contributed by atoms with Crippen molar-refractivity contribution in [2.75, 3.05) is 13.2 Å². The third-order valence-corrected chi connectivity index (χ3v) is 2.02. The summed E-state index contributed by atoms with van der Waals surface area (Å²) in [5.74, 6) is 0.859. The van der Waals surface area contributed by atoms with Gasteiger partial charge in [0.25, 0.3) is 0 Å². The molecule has 0 spiro atoms. The highest BCUT2D eigenvalue weighted by Gasteiger charge is 2.28. The lowest BCUT2D eigenvalue weighted by molar-refractivity contribution is 0.0507. The molecular weight excluding hydrogens is 126 g/mol. The average molecular weight is 143 g/mol. The predicted octanol–water partition coefficient (Wildman–Crippen LogP) is 1.15. The molecule has 60 valence electrons. The molecule has 0 aliphatic heterocycles. The van der Waals surface area contributed by atoms with Crippen molar-refractivity contribution in [1.29, 1.82) is 0 Å². The Kier molecular flexibility index (Phi) is 3.16. The molecule has 1 fully saturated rings. The van der Waals surface area contributed by atoms with Gasteiger partial charge in [0.15, 0.2) is 0 Å². The summed E-state index contributed by atoms with van der Waals surface area (Å²) < 4.78 is 5.53. The normalized spacial score (nSPS) is 21.0. The van der Waals surface area contributed by atoms with Gasteiger partial charge in [-0.15, -0.1) is 0 Å². The van der Waals surface area contributed by atoms with E-state index in [9.17, 15) is 0 Å². The molecule has 0 saturated heterocycles. The molecule has 1 aliphatic carbocycles. The Morgan fingerprint density at radius 3 is 2.80 bits per heavy atom. The Hall–Kier alpha value is -0.0800. The summed E-state index contributed by atoms with van der Waals surface area (Å²) in [6, 6.07) is 0. The number of nitrogens with two attached hydrogens (primary N) is 1. The second kappa shape index (κ2) is 3.94. The van der Waals surface area contributed by atoms with Crippen LogP contribution >= 0.6 is 0 Å². The fraction of sp³-hybridized carbons (Fsp3) is 1.00. The van der Waals surface area contributed by atoms with E-state index in [2.05, 4.69) is 6.92 Å². The fourth-order valence-corrected chi connectivity index (χ4v) is 1.05. The minimum absolute atomic E-state index is 0.478. The van der Waals surface area contributed by atoms with E-state index in [4.69, 9.17) is 10.5 Å². The summed E-state index contributed by atoms with van der Waals surface area (Å²) in [7, 11) is 0. The van der Waals surface area contributed by atoms with Gasteiger partial charge in [0.05, 0.1) is 6.10 Å². The zero-order chi connectivity index (χ0) is 7.40. The van der Waals surface area contributed by atoms with Gasteiger partial charge in [-0.25, -0.2) is 0 Å². The van der Waals surface area contributed by atoms with Crippen molar-refractivity contribution in [3.8, 4) is 0 Å². The standard InChI is InChI=1S/C8H17NO/c1-7(8-3-4-8)10-6-2-5-9/h7-8H,2-6,9H2,1H3. The highest BCUT2D eigenvalue weighted by molar-refractivity contribution is 4.78. The van der Waals surface area contributed by atoms with Crippen LogP contribution in [0.25, 0.3) is 0 Å². The summed E-state index contributed by atoms with van der Waals surface area (Å²) in [5.41, 5.74) is 5.33. The maximum atomic E-state index is 5.53. The molecule has 0 heterocycles. The highest BCUT2D eigenvalue weighted by Crippen LogP contribution is 2.33. The van der Waals surface area contributed by atoms with E-state index in [1.165, 1.54) is 12.8 Å². The van der Waals surface area contributed by atoms with Crippen LogP contribution in [0.15, 0.2) is 0 Å². The molecule has 1 rings (SSSR count). The van der Waals surface area contributed by atoms with Crippen LogP contribution in [-0.2, 0) is 4.74 Å². The smallest absolute Gasteiger partial charge is 0.0575 e. The van der Waals surface area contributed by atoms with Crippen LogP contribution in [0.4, 0.5) is 0 Å². The molecule has 1 unspecified atom stereocenters. The van der Waals surface area contributed by atoms with Crippen molar-refractivity contribution in [3.05, 3.63) is 0 Å². The zero-order valence-corrected chi connectivity index (χ0v) is 6.68. The second-order valence-electron chi connectivity index (χ2n) is 3.06. The van der Waals surface area contributed by atoms with Crippen molar-refractivity contribution in [2.45, 2.75) is 32.3 Å². The third-order valence-electron chi connectivity index (χ3n) is 2.02. The largest absolute Gasteiger partial charge is 0.378 e. The maximum absolute atomic E-state index is 5.53. The van der Waals surface area contributed by atoms with Crippen LogP contribution in [0.2, 0.25) is 0 Å². The second-order valence-corrected chi connectivity index (χ2v) is 3.06. The Morgan fingerprint density at radius 1 is 1.60 bits per heavy atom. The Labute approximate surface area is 62.7 Å². The summed E-state index contributed by atoms with van der Waals surface area (Å²) in [6.45, 7) is 3.75. The number of hydrogen-bond acceptors (Lipinski definition) is 2. The summed E-state index contributed by atoms with van der Waals surface area (Å²) in [5, 5.41) is 0. The molecule has 0 bridgehead atoms. The highest BCUT2D eigenvalue weighted by atomic mass is 16.5. The first-order chi connectivity index (χ1) is 4.84. The lowest BCUT2D eigenvalue weighted by atomic mass is 10.3. The van der Waals surface area contributed by atoms with Crippen molar-refractivity contribution in [3.63, 3.8) is 0 Å². The van der Waals surface area contributed by atoms with Crippen molar-refractivity contribution < 1.29 is 4.74 Å². The molecule has 10 heavy (non-hydrogen) atoms. The number of hydrogen-bond donors (Lipinski definition) is 1. The van der Waals surface area contributed by atoms with Crippen LogP contribution in [0.3, 0.4) is 0 Å². The van der Waals surface area contributed by atoms with Gasteiger partial charge in [0, 0.05) is 6.61 Å². The Morgan fingerprint density at radius 2 is 2.30 bits per heavy atom. The molecule has 1 aliphatic rings. The molecular formula is C8H17NO. The monoisotopic (exact) mass is 143 g/mol. The predicted molar refractivity (Wildman–Crippen MR) is 41.8 cm³/mol. The van der Waals surface area contributed by atoms with Crippen LogP contribution in [0.5, 0.6) is 0 Å². The molecule has 0 radical (unpaired) electrons. The van der Waals surface area contributed by atoms with E-state index < -0.39 is 0 Å². The van der Waals surface area contributed by atoms with Gasteiger partial charge >= 0.3 is 0 Å². The quantitative estimate of drug-likeness (QED) is 0.586. The molecule has 2 heteroatoms. The topological polar surface area (TPSA) is 35.2 Å². The van der Waals surface area contributed by atoms with E-state index in [1.54, 1.807) is 0 Å². The van der Waals surface area contributed by atoms with E-state index >= 15 is 0 Å². The van der Waals surface area contributed by atoms with Crippen molar-refractivity contribution in [1.82, 2.24) is 0 Å². The van der Waals surface area contributed by atoms with Crippen molar-refractivity contribution in [2.24, 2.45) is 11.7 Å². The van der Waals surface area contributed by atoms with E-state index in [-0.39, 0.29) is 0 Å². The average Bonchev–Trinajstić information content (AvgIpc) is 2.69. The van der Waals surface area contributed by atoms with Crippen LogP contribution in [0, 0.1) is 5.92 Å². The molecule has 1 atom stereocenters. The molecule has 0 amide bonds. The molecule has 0 aromatic heterocycles. The van der Waals surface area contributed by atoms with Gasteiger partial charge in [-0.05, 0) is 38.6 Å². The molecule has 2 nitrogen and oxygen atoms in total. The lowest BCUT2D eigenvalue weighted by Gasteiger charge is -2.10.